The van der Waals surface area contributed by atoms with Gasteiger partial charge in [0, 0.05) is 45.9 Å². The highest BCUT2D eigenvalue weighted by molar-refractivity contribution is 7.22. The minimum absolute atomic E-state index is 0.147. The van der Waals surface area contributed by atoms with E-state index in [1.54, 1.807) is 11.3 Å². The number of hydrogen-bond acceptors (Lipinski definition) is 6. The van der Waals surface area contributed by atoms with E-state index >= 15 is 0 Å². The Hall–Kier alpha value is -2.39. The summed E-state index contributed by atoms with van der Waals surface area (Å²) in [6.45, 7) is 7.99. The maximum Gasteiger partial charge on any atom is 0.251 e. The molecule has 162 valence electrons. The van der Waals surface area contributed by atoms with E-state index in [9.17, 15) is 4.79 Å². The van der Waals surface area contributed by atoms with Crippen LogP contribution in [0.3, 0.4) is 0 Å². The van der Waals surface area contributed by atoms with Gasteiger partial charge in [-0.25, -0.2) is 4.98 Å². The minimum atomic E-state index is -0.230. The normalized spacial score (nSPS) is 20.0. The van der Waals surface area contributed by atoms with Gasteiger partial charge in [0.25, 0.3) is 5.91 Å². The van der Waals surface area contributed by atoms with Gasteiger partial charge < -0.3 is 25.2 Å². The van der Waals surface area contributed by atoms with Crippen molar-refractivity contribution in [3.05, 3.63) is 24.3 Å². The Morgan fingerprint density at radius 1 is 1.27 bits per heavy atom. The quantitative estimate of drug-likeness (QED) is 0.414. The Labute approximate surface area is 181 Å². The predicted molar refractivity (Wildman–Crippen MR) is 121 cm³/mol. The third kappa shape index (κ3) is 5.02. The first-order chi connectivity index (χ1) is 14.7. The number of ether oxygens (including phenoxy) is 1. The molecule has 2 aromatic rings. The summed E-state index contributed by atoms with van der Waals surface area (Å²) in [6.07, 6.45) is 1.61. The molecule has 4 rings (SSSR count). The molecule has 1 unspecified atom stereocenters. The summed E-state index contributed by atoms with van der Waals surface area (Å²) < 4.78 is 6.74. The highest BCUT2D eigenvalue weighted by atomic mass is 32.1. The Morgan fingerprint density at radius 3 is 2.80 bits per heavy atom. The molecular weight excluding hydrogens is 400 g/mol. The summed E-state index contributed by atoms with van der Waals surface area (Å²) in [7, 11) is 0. The number of piperazine rings is 1. The van der Waals surface area contributed by atoms with Crippen molar-refractivity contribution in [3.63, 3.8) is 0 Å². The zero-order valence-corrected chi connectivity index (χ0v) is 18.3. The van der Waals surface area contributed by atoms with Crippen molar-refractivity contribution in [1.29, 1.82) is 0 Å². The van der Waals surface area contributed by atoms with Crippen molar-refractivity contribution in [3.8, 4) is 0 Å². The number of nitrogens with one attached hydrogen (secondary N) is 2. The molecule has 0 radical (unpaired) electrons. The number of fused-ring (bicyclic) bond motifs is 1. The number of amides is 1. The van der Waals surface area contributed by atoms with Crippen LogP contribution in [0.5, 0.6) is 0 Å². The number of carbonyl (C=O) groups is 1. The monoisotopic (exact) mass is 430 g/mol. The number of aromatic nitrogens is 1. The van der Waals surface area contributed by atoms with Gasteiger partial charge in [0.15, 0.2) is 11.1 Å². The second-order valence-electron chi connectivity index (χ2n) is 7.46. The van der Waals surface area contributed by atoms with Crippen molar-refractivity contribution in [2.75, 3.05) is 57.7 Å². The van der Waals surface area contributed by atoms with Gasteiger partial charge in [-0.2, -0.15) is 0 Å². The molecule has 0 spiro atoms. The van der Waals surface area contributed by atoms with Gasteiger partial charge in [-0.3, -0.25) is 9.79 Å². The summed E-state index contributed by atoms with van der Waals surface area (Å²) in [5.74, 6) is 1.06. The molecule has 0 saturated carbocycles. The van der Waals surface area contributed by atoms with Gasteiger partial charge in [0.05, 0.1) is 16.8 Å². The number of anilines is 1. The fourth-order valence-corrected chi connectivity index (χ4v) is 4.70. The summed E-state index contributed by atoms with van der Waals surface area (Å²) >= 11 is 1.66. The summed E-state index contributed by atoms with van der Waals surface area (Å²) in [5.41, 5.74) is 1.03. The number of guanidine groups is 1. The molecule has 8 nitrogen and oxygen atoms in total. The molecule has 2 fully saturated rings. The van der Waals surface area contributed by atoms with Crippen LogP contribution in [-0.4, -0.2) is 85.2 Å². The molecule has 1 atom stereocenters. The lowest BCUT2D eigenvalue weighted by Gasteiger charge is -2.37. The minimum Gasteiger partial charge on any atom is -0.368 e. The van der Waals surface area contributed by atoms with E-state index in [1.807, 2.05) is 23.1 Å². The van der Waals surface area contributed by atoms with Crippen LogP contribution in [0.4, 0.5) is 5.13 Å². The Balaban J connectivity index is 1.26. The van der Waals surface area contributed by atoms with Crippen LogP contribution in [0, 0.1) is 0 Å². The average Bonchev–Trinajstić information content (AvgIpc) is 3.45. The van der Waals surface area contributed by atoms with Crippen LogP contribution in [0.2, 0.25) is 0 Å². The summed E-state index contributed by atoms with van der Waals surface area (Å²) in [4.78, 5) is 26.1. The van der Waals surface area contributed by atoms with Crippen molar-refractivity contribution in [2.45, 2.75) is 25.9 Å². The van der Waals surface area contributed by atoms with Crippen LogP contribution in [0.1, 0.15) is 19.8 Å². The number of aliphatic imine (C=N–C) groups is 1. The van der Waals surface area contributed by atoms with E-state index in [4.69, 9.17) is 9.73 Å². The number of benzene rings is 1. The number of para-hydroxylation sites is 1. The van der Waals surface area contributed by atoms with E-state index < -0.39 is 0 Å². The highest BCUT2D eigenvalue weighted by Crippen LogP contribution is 2.25. The summed E-state index contributed by atoms with van der Waals surface area (Å²) in [5, 5.41) is 7.68. The highest BCUT2D eigenvalue weighted by Gasteiger charge is 2.30. The predicted octanol–water partition coefficient (Wildman–Crippen LogP) is 2.00. The topological polar surface area (TPSA) is 82.1 Å². The standard InChI is InChI=1S/C21H30N6O2S/c1-2-22-20(23-9-10-24-21-25-16-6-3-4-8-18(16)30-21)27-13-11-26(12-14-27)19(28)17-7-5-15-29-17/h3-4,6,8,17H,2,5,7,9-15H2,1H3,(H,22,23)(H,24,25). The number of thiazole rings is 1. The Morgan fingerprint density at radius 2 is 2.07 bits per heavy atom. The molecular formula is C21H30N6O2S. The largest absolute Gasteiger partial charge is 0.368 e. The number of hydrogen-bond donors (Lipinski definition) is 2. The first kappa shape index (κ1) is 20.9. The van der Waals surface area contributed by atoms with Gasteiger partial charge in [-0.05, 0) is 31.9 Å². The van der Waals surface area contributed by atoms with E-state index in [2.05, 4.69) is 33.5 Å². The van der Waals surface area contributed by atoms with Gasteiger partial charge in [0.1, 0.15) is 6.10 Å². The van der Waals surface area contributed by atoms with E-state index in [0.717, 1.165) is 55.6 Å². The lowest BCUT2D eigenvalue weighted by molar-refractivity contribution is -0.142. The third-order valence-corrected chi connectivity index (χ3v) is 6.37. The molecule has 2 aliphatic rings. The third-order valence-electron chi connectivity index (χ3n) is 5.37. The zero-order chi connectivity index (χ0) is 20.8. The second-order valence-corrected chi connectivity index (χ2v) is 8.49. The fourth-order valence-electron chi connectivity index (χ4n) is 3.81. The van der Waals surface area contributed by atoms with Crippen LogP contribution >= 0.6 is 11.3 Å². The molecule has 9 heteroatoms. The zero-order valence-electron chi connectivity index (χ0n) is 17.5. The Bertz CT molecular complexity index is 838. The van der Waals surface area contributed by atoms with E-state index in [-0.39, 0.29) is 12.0 Å². The lowest BCUT2D eigenvalue weighted by Crippen LogP contribution is -2.55. The van der Waals surface area contributed by atoms with Crippen molar-refractivity contribution < 1.29 is 9.53 Å². The summed E-state index contributed by atoms with van der Waals surface area (Å²) in [6, 6.07) is 8.16. The molecule has 1 amide bonds. The smallest absolute Gasteiger partial charge is 0.251 e. The first-order valence-corrected chi connectivity index (χ1v) is 11.6. The van der Waals surface area contributed by atoms with E-state index in [0.29, 0.717) is 26.2 Å². The molecule has 2 saturated heterocycles. The maximum atomic E-state index is 12.5. The van der Waals surface area contributed by atoms with Gasteiger partial charge >= 0.3 is 0 Å². The van der Waals surface area contributed by atoms with Gasteiger partial charge in [-0.15, -0.1) is 0 Å². The fraction of sp³-hybridized carbons (Fsp3) is 0.571. The Kier molecular flexibility index (Phi) is 7.01. The van der Waals surface area contributed by atoms with Crippen LogP contribution in [0.25, 0.3) is 10.2 Å². The molecule has 30 heavy (non-hydrogen) atoms. The van der Waals surface area contributed by atoms with Crippen molar-refractivity contribution in [1.82, 2.24) is 20.1 Å². The van der Waals surface area contributed by atoms with Crippen molar-refractivity contribution >= 4 is 38.6 Å². The van der Waals surface area contributed by atoms with Crippen molar-refractivity contribution in [2.24, 2.45) is 4.99 Å². The molecule has 0 aliphatic carbocycles. The van der Waals surface area contributed by atoms with Gasteiger partial charge in [0.2, 0.25) is 0 Å². The molecule has 0 bridgehead atoms. The van der Waals surface area contributed by atoms with E-state index in [1.165, 1.54) is 4.70 Å². The van der Waals surface area contributed by atoms with Gasteiger partial charge in [-0.1, -0.05) is 23.5 Å². The number of nitrogens with zero attached hydrogens (tertiary/aromatic N) is 4. The molecule has 1 aromatic heterocycles. The maximum absolute atomic E-state index is 12.5. The second kappa shape index (κ2) is 10.1. The number of rotatable bonds is 6. The first-order valence-electron chi connectivity index (χ1n) is 10.8. The SMILES string of the molecule is CCNC(=NCCNc1nc2ccccc2s1)N1CCN(C(=O)C2CCCO2)CC1. The molecule has 1 aromatic carbocycles. The van der Waals surface area contributed by atoms with Crippen LogP contribution < -0.4 is 10.6 Å². The number of carbonyl (C=O) groups excluding carboxylic acids is 1. The van der Waals surface area contributed by atoms with Crippen LogP contribution in [-0.2, 0) is 9.53 Å². The van der Waals surface area contributed by atoms with Crippen LogP contribution in [0.15, 0.2) is 29.3 Å². The lowest BCUT2D eigenvalue weighted by atomic mass is 10.2. The molecule has 2 N–H and O–H groups in total. The molecule has 2 aliphatic heterocycles. The average molecular weight is 431 g/mol. The molecule has 3 heterocycles.